The molecule has 1 aromatic heterocycles. The van der Waals surface area contributed by atoms with Gasteiger partial charge in [0.05, 0.1) is 0 Å². The van der Waals surface area contributed by atoms with Crippen molar-refractivity contribution >= 4 is 28.1 Å². The Labute approximate surface area is 159 Å². The van der Waals surface area contributed by atoms with E-state index in [2.05, 4.69) is 52.4 Å². The minimum atomic E-state index is 0.776. The molecule has 0 fully saturated rings. The fraction of sp³-hybridized carbons (Fsp3) is 0.304. The topological polar surface area (TPSA) is 19.0 Å². The molecule has 2 heterocycles. The zero-order valence-corrected chi connectivity index (χ0v) is 15.6. The van der Waals surface area contributed by atoms with Crippen LogP contribution in [0.25, 0.3) is 16.5 Å². The van der Waals surface area contributed by atoms with Crippen LogP contribution in [0.2, 0.25) is 5.02 Å². The van der Waals surface area contributed by atoms with Crippen LogP contribution in [0.1, 0.15) is 23.2 Å². The average molecular weight is 363 g/mol. The number of H-pyrrole nitrogens is 1. The van der Waals surface area contributed by atoms with Gasteiger partial charge < -0.3 is 4.98 Å². The first-order valence-electron chi connectivity index (χ1n) is 9.51. The van der Waals surface area contributed by atoms with E-state index in [-0.39, 0.29) is 0 Å². The number of benzene rings is 2. The van der Waals surface area contributed by atoms with E-state index in [1.165, 1.54) is 36.0 Å². The predicted octanol–water partition coefficient (Wildman–Crippen LogP) is 5.33. The highest BCUT2D eigenvalue weighted by Gasteiger charge is 2.24. The van der Waals surface area contributed by atoms with E-state index in [0.717, 1.165) is 36.0 Å². The number of nitrogens with one attached hydrogen (secondary N) is 1. The van der Waals surface area contributed by atoms with Crippen LogP contribution in [-0.4, -0.2) is 29.5 Å². The second-order valence-corrected chi connectivity index (χ2v) is 8.13. The molecule has 5 rings (SSSR count). The first kappa shape index (κ1) is 16.2. The molecular weight excluding hydrogens is 340 g/mol. The summed E-state index contributed by atoms with van der Waals surface area (Å²) in [5.74, 6) is 0.776. The van der Waals surface area contributed by atoms with Crippen molar-refractivity contribution in [3.63, 3.8) is 0 Å². The van der Waals surface area contributed by atoms with Gasteiger partial charge in [0.1, 0.15) is 0 Å². The van der Waals surface area contributed by atoms with Crippen molar-refractivity contribution in [2.24, 2.45) is 5.92 Å². The quantitative estimate of drug-likeness (QED) is 0.667. The molecule has 2 aromatic carbocycles. The molecule has 0 saturated heterocycles. The van der Waals surface area contributed by atoms with Crippen molar-refractivity contribution in [2.75, 3.05) is 19.6 Å². The lowest BCUT2D eigenvalue weighted by molar-refractivity contribution is 0.255. The van der Waals surface area contributed by atoms with Gasteiger partial charge in [-0.3, -0.25) is 4.90 Å². The lowest BCUT2D eigenvalue weighted by Gasteiger charge is -2.28. The molecule has 1 N–H and O–H groups in total. The van der Waals surface area contributed by atoms with Crippen LogP contribution in [0.3, 0.4) is 0 Å². The summed E-state index contributed by atoms with van der Waals surface area (Å²) in [6, 6.07) is 17.2. The van der Waals surface area contributed by atoms with Gasteiger partial charge in [-0.05, 0) is 66.1 Å². The molecule has 2 nitrogen and oxygen atoms in total. The number of rotatable bonds is 3. The molecule has 0 saturated carbocycles. The van der Waals surface area contributed by atoms with Crippen molar-refractivity contribution in [1.82, 2.24) is 9.88 Å². The summed E-state index contributed by atoms with van der Waals surface area (Å²) in [6.07, 6.45) is 6.00. The van der Waals surface area contributed by atoms with Gasteiger partial charge in [-0.15, -0.1) is 0 Å². The first-order chi connectivity index (χ1) is 12.7. The Kier molecular flexibility index (Phi) is 4.11. The molecule has 26 heavy (non-hydrogen) atoms. The summed E-state index contributed by atoms with van der Waals surface area (Å²) in [5.41, 5.74) is 6.96. The summed E-state index contributed by atoms with van der Waals surface area (Å²) in [6.45, 7) is 3.41. The lowest BCUT2D eigenvalue weighted by atomic mass is 10.0. The summed E-state index contributed by atoms with van der Waals surface area (Å²) in [7, 11) is 0. The fourth-order valence-corrected chi connectivity index (χ4v) is 4.72. The Morgan fingerprint density at radius 3 is 2.58 bits per heavy atom. The summed E-state index contributed by atoms with van der Waals surface area (Å²) in [5, 5.41) is 1.99. The monoisotopic (exact) mass is 362 g/mol. The van der Waals surface area contributed by atoms with E-state index in [4.69, 9.17) is 11.6 Å². The maximum atomic E-state index is 6.11. The molecule has 3 aromatic rings. The zero-order chi connectivity index (χ0) is 17.5. The Hall–Kier alpha value is -2.03. The first-order valence-corrected chi connectivity index (χ1v) is 9.89. The van der Waals surface area contributed by atoms with Crippen molar-refractivity contribution in [3.8, 4) is 0 Å². The van der Waals surface area contributed by atoms with Crippen LogP contribution in [0.4, 0.5) is 0 Å². The van der Waals surface area contributed by atoms with Crippen molar-refractivity contribution < 1.29 is 0 Å². The summed E-state index contributed by atoms with van der Waals surface area (Å²) in [4.78, 5) is 6.16. The molecule has 0 amide bonds. The number of fused-ring (bicyclic) bond motifs is 2. The van der Waals surface area contributed by atoms with Crippen LogP contribution in [0.15, 0.2) is 54.6 Å². The van der Waals surface area contributed by atoms with E-state index in [1.54, 1.807) is 11.1 Å². The smallest absolute Gasteiger partial charge is 0.0459 e. The van der Waals surface area contributed by atoms with Gasteiger partial charge in [-0.2, -0.15) is 0 Å². The maximum absolute atomic E-state index is 6.11. The van der Waals surface area contributed by atoms with E-state index in [9.17, 15) is 0 Å². The molecule has 132 valence electrons. The molecule has 0 unspecified atom stereocenters. The van der Waals surface area contributed by atoms with Gasteiger partial charge in [0.25, 0.3) is 0 Å². The van der Waals surface area contributed by atoms with Gasteiger partial charge in [0, 0.05) is 41.3 Å². The standard InChI is InChI=1S/C23H23ClN2/c24-21-5-6-22-20(13-21)14-23(25-22)17-7-9-26(10-8-17)15-16-11-18-3-1-2-4-19(18)12-16/h1-7,13-14,16,25H,8-12,15H2. The number of aromatic nitrogens is 1. The Morgan fingerprint density at radius 2 is 1.85 bits per heavy atom. The van der Waals surface area contributed by atoms with Gasteiger partial charge in [-0.1, -0.05) is 41.9 Å². The minimum absolute atomic E-state index is 0.776. The van der Waals surface area contributed by atoms with Crippen molar-refractivity contribution in [3.05, 3.63) is 76.5 Å². The van der Waals surface area contributed by atoms with E-state index in [1.807, 2.05) is 12.1 Å². The van der Waals surface area contributed by atoms with E-state index >= 15 is 0 Å². The number of nitrogens with zero attached hydrogens (tertiary/aromatic N) is 1. The highest BCUT2D eigenvalue weighted by Crippen LogP contribution is 2.30. The second kappa shape index (κ2) is 6.61. The second-order valence-electron chi connectivity index (χ2n) is 7.70. The Balaban J connectivity index is 1.25. The largest absolute Gasteiger partial charge is 0.355 e. The Bertz CT molecular complexity index is 960. The van der Waals surface area contributed by atoms with Gasteiger partial charge in [0.15, 0.2) is 0 Å². The number of hydrogen-bond acceptors (Lipinski definition) is 1. The number of halogens is 1. The third kappa shape index (κ3) is 3.08. The van der Waals surface area contributed by atoms with Crippen molar-refractivity contribution in [2.45, 2.75) is 19.3 Å². The summed E-state index contributed by atoms with van der Waals surface area (Å²) >= 11 is 6.11. The molecule has 0 bridgehead atoms. The number of aromatic amines is 1. The molecular formula is C23H23ClN2. The fourth-order valence-electron chi connectivity index (χ4n) is 4.54. The van der Waals surface area contributed by atoms with Crippen molar-refractivity contribution in [1.29, 1.82) is 0 Å². The minimum Gasteiger partial charge on any atom is -0.355 e. The Morgan fingerprint density at radius 1 is 1.04 bits per heavy atom. The predicted molar refractivity (Wildman–Crippen MR) is 110 cm³/mol. The number of hydrogen-bond donors (Lipinski definition) is 1. The van der Waals surface area contributed by atoms with Crippen LogP contribution >= 0.6 is 11.6 Å². The molecule has 2 aliphatic rings. The third-order valence-corrected chi connectivity index (χ3v) is 6.11. The SMILES string of the molecule is Clc1ccc2[nH]c(C3=CCN(CC4Cc5ccccc5C4)CC3)cc2c1. The molecule has 0 spiro atoms. The van der Waals surface area contributed by atoms with Crippen LogP contribution in [0, 0.1) is 5.92 Å². The zero-order valence-electron chi connectivity index (χ0n) is 14.8. The van der Waals surface area contributed by atoms with Gasteiger partial charge in [0.2, 0.25) is 0 Å². The molecule has 1 aliphatic carbocycles. The van der Waals surface area contributed by atoms with Crippen LogP contribution in [0.5, 0.6) is 0 Å². The van der Waals surface area contributed by atoms with Crippen LogP contribution < -0.4 is 0 Å². The average Bonchev–Trinajstić information content (AvgIpc) is 3.25. The van der Waals surface area contributed by atoms with E-state index in [0.29, 0.717) is 0 Å². The van der Waals surface area contributed by atoms with Gasteiger partial charge in [-0.25, -0.2) is 0 Å². The molecule has 0 radical (unpaired) electrons. The summed E-state index contributed by atoms with van der Waals surface area (Å²) < 4.78 is 0. The normalized spacial score (nSPS) is 18.3. The molecule has 0 atom stereocenters. The lowest BCUT2D eigenvalue weighted by Crippen LogP contribution is -2.33. The highest BCUT2D eigenvalue weighted by molar-refractivity contribution is 6.31. The highest BCUT2D eigenvalue weighted by atomic mass is 35.5. The van der Waals surface area contributed by atoms with E-state index < -0.39 is 0 Å². The maximum Gasteiger partial charge on any atom is 0.0459 e. The van der Waals surface area contributed by atoms with Gasteiger partial charge >= 0.3 is 0 Å². The van der Waals surface area contributed by atoms with Crippen LogP contribution in [-0.2, 0) is 12.8 Å². The molecule has 1 aliphatic heterocycles. The third-order valence-electron chi connectivity index (χ3n) is 5.87. The molecule has 3 heteroatoms.